The van der Waals surface area contributed by atoms with E-state index in [1.807, 2.05) is 28.9 Å². The van der Waals surface area contributed by atoms with Gasteiger partial charge in [0.05, 0.1) is 12.0 Å². The largest absolute Gasteiger partial charge is 0.459 e. The summed E-state index contributed by atoms with van der Waals surface area (Å²) in [6, 6.07) is 7.21. The van der Waals surface area contributed by atoms with Crippen LogP contribution in [0.4, 0.5) is 0 Å². The second-order valence-electron chi connectivity index (χ2n) is 4.33. The molecule has 0 unspecified atom stereocenters. The fourth-order valence-corrected chi connectivity index (χ4v) is 2.29. The molecule has 6 heteroatoms. The Morgan fingerprint density at radius 2 is 2.25 bits per heavy atom. The Morgan fingerprint density at radius 1 is 1.35 bits per heavy atom. The van der Waals surface area contributed by atoms with E-state index in [-0.39, 0.29) is 5.91 Å². The van der Waals surface area contributed by atoms with Gasteiger partial charge in [-0.1, -0.05) is 0 Å². The summed E-state index contributed by atoms with van der Waals surface area (Å²) in [7, 11) is 0. The van der Waals surface area contributed by atoms with Gasteiger partial charge in [-0.05, 0) is 40.2 Å². The van der Waals surface area contributed by atoms with Crippen molar-refractivity contribution in [2.75, 3.05) is 6.54 Å². The molecule has 5 nitrogen and oxygen atoms in total. The maximum Gasteiger partial charge on any atom is 0.286 e. The van der Waals surface area contributed by atoms with Crippen molar-refractivity contribution in [2.45, 2.75) is 6.42 Å². The number of nitrogens with zero attached hydrogens (tertiary/aromatic N) is 2. The summed E-state index contributed by atoms with van der Waals surface area (Å²) < 4.78 is 7.97. The van der Waals surface area contributed by atoms with E-state index in [2.05, 4.69) is 26.2 Å². The zero-order valence-electron chi connectivity index (χ0n) is 10.5. The summed E-state index contributed by atoms with van der Waals surface area (Å²) in [6.07, 6.45) is 6.06. The number of pyridine rings is 1. The molecule has 0 saturated heterocycles. The van der Waals surface area contributed by atoms with E-state index in [1.54, 1.807) is 12.1 Å². The molecule has 3 rings (SSSR count). The SMILES string of the molecule is O=C(NCCc1cn2cc(Br)ccc2n1)c1ccco1. The zero-order chi connectivity index (χ0) is 13.9. The highest BCUT2D eigenvalue weighted by atomic mass is 79.9. The highest BCUT2D eigenvalue weighted by molar-refractivity contribution is 9.10. The van der Waals surface area contributed by atoms with Crippen molar-refractivity contribution in [1.29, 1.82) is 0 Å². The zero-order valence-corrected chi connectivity index (χ0v) is 12.1. The molecule has 3 aromatic heterocycles. The lowest BCUT2D eigenvalue weighted by Crippen LogP contribution is -2.25. The molecule has 3 heterocycles. The van der Waals surface area contributed by atoms with Gasteiger partial charge >= 0.3 is 0 Å². The van der Waals surface area contributed by atoms with Gasteiger partial charge in [-0.25, -0.2) is 4.98 Å². The molecule has 0 saturated carbocycles. The van der Waals surface area contributed by atoms with Crippen LogP contribution in [0.3, 0.4) is 0 Å². The lowest BCUT2D eigenvalue weighted by Gasteiger charge is -2.00. The van der Waals surface area contributed by atoms with Crippen LogP contribution in [0.15, 0.2) is 51.8 Å². The van der Waals surface area contributed by atoms with Crippen molar-refractivity contribution < 1.29 is 9.21 Å². The van der Waals surface area contributed by atoms with Crippen LogP contribution in [0.25, 0.3) is 5.65 Å². The molecule has 0 fully saturated rings. The van der Waals surface area contributed by atoms with Crippen molar-refractivity contribution in [2.24, 2.45) is 0 Å². The number of fused-ring (bicyclic) bond motifs is 1. The minimum absolute atomic E-state index is 0.207. The van der Waals surface area contributed by atoms with Crippen LogP contribution in [0, 0.1) is 0 Å². The van der Waals surface area contributed by atoms with Gasteiger partial charge in [0.25, 0.3) is 5.91 Å². The number of nitrogens with one attached hydrogen (secondary N) is 1. The third kappa shape index (κ3) is 2.75. The van der Waals surface area contributed by atoms with Crippen molar-refractivity contribution >= 4 is 27.5 Å². The van der Waals surface area contributed by atoms with Crippen LogP contribution in [0.2, 0.25) is 0 Å². The average molecular weight is 334 g/mol. The Bertz CT molecular complexity index is 734. The van der Waals surface area contributed by atoms with Crippen LogP contribution in [0.5, 0.6) is 0 Å². The highest BCUT2D eigenvalue weighted by Gasteiger charge is 2.08. The fourth-order valence-electron chi connectivity index (χ4n) is 1.94. The van der Waals surface area contributed by atoms with Crippen molar-refractivity contribution in [3.63, 3.8) is 0 Å². The second kappa shape index (κ2) is 5.50. The van der Waals surface area contributed by atoms with E-state index >= 15 is 0 Å². The molecular weight excluding hydrogens is 322 g/mol. The Balaban J connectivity index is 1.61. The first-order chi connectivity index (χ1) is 9.72. The monoisotopic (exact) mass is 333 g/mol. The lowest BCUT2D eigenvalue weighted by atomic mass is 10.3. The summed E-state index contributed by atoms with van der Waals surface area (Å²) in [6.45, 7) is 0.518. The van der Waals surface area contributed by atoms with Gasteiger partial charge < -0.3 is 14.1 Å². The molecular formula is C14H12BrN3O2. The summed E-state index contributed by atoms with van der Waals surface area (Å²) in [5.41, 5.74) is 1.82. The molecule has 20 heavy (non-hydrogen) atoms. The standard InChI is InChI=1S/C14H12BrN3O2/c15-10-3-4-13-17-11(9-18(13)8-10)5-6-16-14(19)12-2-1-7-20-12/h1-4,7-9H,5-6H2,(H,16,19). The van der Waals surface area contributed by atoms with Crippen molar-refractivity contribution in [1.82, 2.24) is 14.7 Å². The molecule has 0 radical (unpaired) electrons. The molecule has 0 spiro atoms. The van der Waals surface area contributed by atoms with Gasteiger partial charge in [-0.2, -0.15) is 0 Å². The maximum absolute atomic E-state index is 11.7. The van der Waals surface area contributed by atoms with E-state index in [0.29, 0.717) is 18.7 Å². The molecule has 0 aliphatic carbocycles. The molecule has 102 valence electrons. The Morgan fingerprint density at radius 3 is 3.05 bits per heavy atom. The number of aromatic nitrogens is 2. The molecule has 3 aromatic rings. The van der Waals surface area contributed by atoms with Gasteiger partial charge in [0.2, 0.25) is 0 Å². The summed E-state index contributed by atoms with van der Waals surface area (Å²) in [5.74, 6) is 0.116. The maximum atomic E-state index is 11.7. The normalized spacial score (nSPS) is 10.8. The molecule has 0 bridgehead atoms. The summed E-state index contributed by atoms with van der Waals surface area (Å²) in [5, 5.41) is 2.80. The minimum Gasteiger partial charge on any atom is -0.459 e. The first kappa shape index (κ1) is 12.9. The number of imidazole rings is 1. The Labute approximate surface area is 123 Å². The molecule has 0 aromatic carbocycles. The summed E-state index contributed by atoms with van der Waals surface area (Å²) in [4.78, 5) is 16.2. The smallest absolute Gasteiger partial charge is 0.286 e. The van der Waals surface area contributed by atoms with Crippen LogP contribution in [0.1, 0.15) is 16.2 Å². The van der Waals surface area contributed by atoms with E-state index < -0.39 is 0 Å². The third-order valence-electron chi connectivity index (χ3n) is 2.88. The van der Waals surface area contributed by atoms with Crippen molar-refractivity contribution in [3.8, 4) is 0 Å². The van der Waals surface area contributed by atoms with Crippen molar-refractivity contribution in [3.05, 3.63) is 58.8 Å². The van der Waals surface area contributed by atoms with Gasteiger partial charge in [-0.15, -0.1) is 0 Å². The number of halogens is 1. The average Bonchev–Trinajstić information content (AvgIpc) is 3.06. The first-order valence-electron chi connectivity index (χ1n) is 6.17. The molecule has 1 amide bonds. The Kier molecular flexibility index (Phi) is 3.56. The van der Waals surface area contributed by atoms with Gasteiger partial charge in [0, 0.05) is 29.8 Å². The van der Waals surface area contributed by atoms with Crippen LogP contribution < -0.4 is 5.32 Å². The number of furan rings is 1. The van der Waals surface area contributed by atoms with E-state index in [0.717, 1.165) is 15.8 Å². The quantitative estimate of drug-likeness (QED) is 0.798. The predicted molar refractivity (Wildman–Crippen MR) is 77.6 cm³/mol. The first-order valence-corrected chi connectivity index (χ1v) is 6.96. The molecule has 0 aliphatic heterocycles. The molecule has 0 aliphatic rings. The van der Waals surface area contributed by atoms with Gasteiger partial charge in [-0.3, -0.25) is 4.79 Å². The Hall–Kier alpha value is -2.08. The number of carbonyl (C=O) groups is 1. The number of rotatable bonds is 4. The summed E-state index contributed by atoms with van der Waals surface area (Å²) >= 11 is 3.42. The topological polar surface area (TPSA) is 59.5 Å². The van der Waals surface area contributed by atoms with E-state index in [9.17, 15) is 4.79 Å². The van der Waals surface area contributed by atoms with Gasteiger partial charge in [0.1, 0.15) is 5.65 Å². The minimum atomic E-state index is -0.207. The lowest BCUT2D eigenvalue weighted by molar-refractivity contribution is 0.0926. The number of amides is 1. The number of carbonyl (C=O) groups excluding carboxylic acids is 1. The van der Waals surface area contributed by atoms with Crippen LogP contribution >= 0.6 is 15.9 Å². The van der Waals surface area contributed by atoms with E-state index in [1.165, 1.54) is 6.26 Å². The van der Waals surface area contributed by atoms with Crippen LogP contribution in [-0.2, 0) is 6.42 Å². The third-order valence-corrected chi connectivity index (χ3v) is 3.35. The number of hydrogen-bond acceptors (Lipinski definition) is 3. The number of hydrogen-bond donors (Lipinski definition) is 1. The molecule has 1 N–H and O–H groups in total. The highest BCUT2D eigenvalue weighted by Crippen LogP contribution is 2.12. The predicted octanol–water partition coefficient (Wildman–Crippen LogP) is 2.66. The second-order valence-corrected chi connectivity index (χ2v) is 5.24. The van der Waals surface area contributed by atoms with E-state index in [4.69, 9.17) is 4.42 Å². The molecule has 0 atom stereocenters. The van der Waals surface area contributed by atoms with Crippen LogP contribution in [-0.4, -0.2) is 21.8 Å². The fraction of sp³-hybridized carbons (Fsp3) is 0.143. The van der Waals surface area contributed by atoms with Gasteiger partial charge in [0.15, 0.2) is 5.76 Å².